The summed E-state index contributed by atoms with van der Waals surface area (Å²) in [5.74, 6) is -1.43. The maximum absolute atomic E-state index is 12.3. The number of nitrogens with zero attached hydrogens (tertiary/aromatic N) is 1. The normalized spacial score (nSPS) is 14.6. The maximum Gasteiger partial charge on any atom is 0.261 e. The molecule has 0 aromatic rings. The standard InChI is InChI=1S/C14H18N2O4.C3H8.C2H6/c1-4-6-10-9(2)13(19)16(14(10)20)11(7-5-8-17)12(18)15-3;1-3-2;1-2/h4,6,8,11H,5,7H2,1-3H3,(H,15,18);3H2,1-2H3;1-2H3/b6-4-;;. The molecule has 1 unspecified atom stereocenters. The van der Waals surface area contributed by atoms with Gasteiger partial charge in [0.25, 0.3) is 11.8 Å². The molecule has 0 aromatic heterocycles. The summed E-state index contributed by atoms with van der Waals surface area (Å²) in [4.78, 5) is 47.7. The highest BCUT2D eigenvalue weighted by atomic mass is 16.2. The fraction of sp³-hybridized carbons (Fsp3) is 0.579. The predicted octanol–water partition coefficient (Wildman–Crippen LogP) is 2.78. The molecule has 0 aromatic carbocycles. The molecule has 1 atom stereocenters. The van der Waals surface area contributed by atoms with E-state index in [9.17, 15) is 19.2 Å². The number of rotatable bonds is 6. The average molecular weight is 352 g/mol. The minimum absolute atomic E-state index is 0.104. The van der Waals surface area contributed by atoms with Crippen molar-refractivity contribution in [3.05, 3.63) is 23.3 Å². The van der Waals surface area contributed by atoms with Crippen LogP contribution < -0.4 is 5.32 Å². The van der Waals surface area contributed by atoms with Gasteiger partial charge >= 0.3 is 0 Å². The Kier molecular flexibility index (Phi) is 14.1. The summed E-state index contributed by atoms with van der Waals surface area (Å²) < 4.78 is 0. The summed E-state index contributed by atoms with van der Waals surface area (Å²) in [6.45, 7) is 11.5. The van der Waals surface area contributed by atoms with Gasteiger partial charge in [0.05, 0.1) is 0 Å². The molecule has 6 nitrogen and oxygen atoms in total. The van der Waals surface area contributed by atoms with Crippen LogP contribution in [0.3, 0.4) is 0 Å². The van der Waals surface area contributed by atoms with E-state index < -0.39 is 23.8 Å². The third-order valence-corrected chi connectivity index (χ3v) is 3.14. The van der Waals surface area contributed by atoms with Crippen LogP contribution in [0.15, 0.2) is 23.3 Å². The number of allylic oxidation sites excluding steroid dienone is 1. The summed E-state index contributed by atoms with van der Waals surface area (Å²) in [5, 5.41) is 2.42. The average Bonchev–Trinajstić information content (AvgIpc) is 2.82. The zero-order valence-electron chi connectivity index (χ0n) is 16.5. The van der Waals surface area contributed by atoms with E-state index in [0.29, 0.717) is 11.9 Å². The number of likely N-dealkylation sites (N-methyl/N-ethyl adjacent to an activating group) is 1. The van der Waals surface area contributed by atoms with Crippen LogP contribution in [0.25, 0.3) is 0 Å². The summed E-state index contributed by atoms with van der Waals surface area (Å²) in [7, 11) is 1.43. The number of imide groups is 1. The second kappa shape index (κ2) is 14.1. The molecular weight excluding hydrogens is 320 g/mol. The van der Waals surface area contributed by atoms with Gasteiger partial charge in [-0.25, -0.2) is 0 Å². The lowest BCUT2D eigenvalue weighted by atomic mass is 10.1. The van der Waals surface area contributed by atoms with E-state index in [1.54, 1.807) is 26.0 Å². The van der Waals surface area contributed by atoms with Gasteiger partial charge < -0.3 is 10.1 Å². The third kappa shape index (κ3) is 7.03. The zero-order chi connectivity index (χ0) is 20.0. The molecule has 1 rings (SSSR count). The van der Waals surface area contributed by atoms with Gasteiger partial charge in [0.15, 0.2) is 0 Å². The van der Waals surface area contributed by atoms with Crippen molar-refractivity contribution in [3.8, 4) is 0 Å². The zero-order valence-corrected chi connectivity index (χ0v) is 16.5. The smallest absolute Gasteiger partial charge is 0.261 e. The number of carbonyl (C=O) groups is 4. The van der Waals surface area contributed by atoms with Crippen molar-refractivity contribution in [2.24, 2.45) is 0 Å². The summed E-state index contributed by atoms with van der Waals surface area (Å²) in [5.41, 5.74) is 0.602. The van der Waals surface area contributed by atoms with Crippen molar-refractivity contribution in [3.63, 3.8) is 0 Å². The Bertz CT molecular complexity index is 522. The van der Waals surface area contributed by atoms with E-state index in [4.69, 9.17) is 0 Å². The van der Waals surface area contributed by atoms with Crippen LogP contribution in [0.2, 0.25) is 0 Å². The van der Waals surface area contributed by atoms with E-state index in [-0.39, 0.29) is 18.4 Å². The monoisotopic (exact) mass is 352 g/mol. The first-order chi connectivity index (χ1) is 11.9. The van der Waals surface area contributed by atoms with Gasteiger partial charge in [-0.05, 0) is 20.3 Å². The molecule has 0 spiro atoms. The highest BCUT2D eigenvalue weighted by Crippen LogP contribution is 2.25. The highest BCUT2D eigenvalue weighted by Gasteiger charge is 2.41. The van der Waals surface area contributed by atoms with E-state index >= 15 is 0 Å². The predicted molar refractivity (Wildman–Crippen MR) is 99.8 cm³/mol. The molecule has 0 fully saturated rings. The Labute approximate surface area is 151 Å². The summed E-state index contributed by atoms with van der Waals surface area (Å²) in [6, 6.07) is -0.956. The lowest BCUT2D eigenvalue weighted by Gasteiger charge is -2.24. The molecule has 0 radical (unpaired) electrons. The number of amides is 3. The summed E-state index contributed by atoms with van der Waals surface area (Å²) >= 11 is 0. The number of carbonyl (C=O) groups excluding carboxylic acids is 4. The molecule has 1 aliphatic rings. The fourth-order valence-corrected chi connectivity index (χ4v) is 2.09. The summed E-state index contributed by atoms with van der Waals surface area (Å²) in [6.07, 6.45) is 5.35. The molecule has 1 aliphatic heterocycles. The van der Waals surface area contributed by atoms with E-state index in [2.05, 4.69) is 19.2 Å². The van der Waals surface area contributed by atoms with Gasteiger partial charge in [-0.2, -0.15) is 0 Å². The molecule has 3 amide bonds. The Balaban J connectivity index is 0. The number of aldehydes is 1. The number of nitrogens with one attached hydrogen (secondary N) is 1. The molecule has 6 heteroatoms. The van der Waals surface area contributed by atoms with Gasteiger partial charge in [0.2, 0.25) is 5.91 Å². The Hall–Kier alpha value is -2.24. The van der Waals surface area contributed by atoms with Crippen LogP contribution in [0.4, 0.5) is 0 Å². The Morgan fingerprint density at radius 1 is 1.20 bits per heavy atom. The Morgan fingerprint density at radius 3 is 2.12 bits per heavy atom. The fourth-order valence-electron chi connectivity index (χ4n) is 2.09. The number of hydrogen-bond donors (Lipinski definition) is 1. The molecule has 0 aliphatic carbocycles. The molecule has 25 heavy (non-hydrogen) atoms. The molecule has 1 N–H and O–H groups in total. The minimum atomic E-state index is -0.956. The first-order valence-corrected chi connectivity index (χ1v) is 8.77. The molecule has 0 saturated carbocycles. The van der Waals surface area contributed by atoms with Crippen LogP contribution in [-0.4, -0.2) is 42.0 Å². The van der Waals surface area contributed by atoms with Crippen molar-refractivity contribution in [1.82, 2.24) is 10.2 Å². The van der Waals surface area contributed by atoms with Crippen molar-refractivity contribution in [2.75, 3.05) is 7.05 Å². The van der Waals surface area contributed by atoms with E-state index in [0.717, 1.165) is 4.90 Å². The van der Waals surface area contributed by atoms with Gasteiger partial charge in [-0.15, -0.1) is 0 Å². The van der Waals surface area contributed by atoms with Gasteiger partial charge in [-0.3, -0.25) is 19.3 Å². The second-order valence-electron chi connectivity index (χ2n) is 5.10. The molecule has 0 bridgehead atoms. The van der Waals surface area contributed by atoms with Gasteiger partial charge in [0.1, 0.15) is 12.3 Å². The van der Waals surface area contributed by atoms with Gasteiger partial charge in [0, 0.05) is 24.6 Å². The SMILES string of the molecule is C/C=C\C1=C(C)C(=O)N(C(CCC=O)C(=O)NC)C1=O.CC.CCC. The van der Waals surface area contributed by atoms with Crippen LogP contribution in [0.5, 0.6) is 0 Å². The van der Waals surface area contributed by atoms with Crippen molar-refractivity contribution < 1.29 is 19.2 Å². The van der Waals surface area contributed by atoms with Crippen molar-refractivity contribution >= 4 is 24.0 Å². The third-order valence-electron chi connectivity index (χ3n) is 3.14. The lowest BCUT2D eigenvalue weighted by molar-refractivity contribution is -0.146. The lowest BCUT2D eigenvalue weighted by Crippen LogP contribution is -2.49. The van der Waals surface area contributed by atoms with Gasteiger partial charge in [-0.1, -0.05) is 46.3 Å². The molecule has 142 valence electrons. The Morgan fingerprint density at radius 2 is 1.72 bits per heavy atom. The van der Waals surface area contributed by atoms with Crippen molar-refractivity contribution in [2.45, 2.75) is 66.8 Å². The first-order valence-electron chi connectivity index (χ1n) is 8.77. The van der Waals surface area contributed by atoms with Crippen molar-refractivity contribution in [1.29, 1.82) is 0 Å². The molecule has 1 heterocycles. The van der Waals surface area contributed by atoms with E-state index in [1.165, 1.54) is 13.5 Å². The largest absolute Gasteiger partial charge is 0.357 e. The maximum atomic E-state index is 12.3. The van der Waals surface area contributed by atoms with Crippen LogP contribution >= 0.6 is 0 Å². The quantitative estimate of drug-likeness (QED) is 0.588. The van der Waals surface area contributed by atoms with Crippen LogP contribution in [0.1, 0.15) is 60.8 Å². The minimum Gasteiger partial charge on any atom is -0.357 e. The molecular formula is C19H32N2O4. The van der Waals surface area contributed by atoms with E-state index in [1.807, 2.05) is 13.8 Å². The highest BCUT2D eigenvalue weighted by molar-refractivity contribution is 6.21. The first kappa shape index (κ1) is 25.0. The van der Waals surface area contributed by atoms with Crippen LogP contribution in [0, 0.1) is 0 Å². The van der Waals surface area contributed by atoms with Crippen LogP contribution in [-0.2, 0) is 19.2 Å². The number of hydrogen-bond acceptors (Lipinski definition) is 4. The second-order valence-corrected chi connectivity index (χ2v) is 5.10. The molecule has 0 saturated heterocycles. The topological polar surface area (TPSA) is 83.6 Å².